The minimum absolute atomic E-state index is 0.217. The van der Waals surface area contributed by atoms with Crippen LogP contribution in [0.5, 0.6) is 0 Å². The SMILES string of the molecule is Cc1nc(-c2ccc(F)cc2)sc1[C@H](C)NC(=O)c1cn[nH]n1. The van der Waals surface area contributed by atoms with Gasteiger partial charge in [-0.15, -0.1) is 11.3 Å². The number of thiazole rings is 1. The van der Waals surface area contributed by atoms with E-state index in [0.717, 1.165) is 21.1 Å². The molecular formula is C15H14FN5OS. The van der Waals surface area contributed by atoms with Crippen molar-refractivity contribution in [2.24, 2.45) is 0 Å². The number of halogens is 1. The molecule has 0 bridgehead atoms. The van der Waals surface area contributed by atoms with E-state index in [-0.39, 0.29) is 23.5 Å². The van der Waals surface area contributed by atoms with Crippen molar-refractivity contribution < 1.29 is 9.18 Å². The fraction of sp³-hybridized carbons (Fsp3) is 0.200. The van der Waals surface area contributed by atoms with Gasteiger partial charge in [0, 0.05) is 5.56 Å². The number of aromatic amines is 1. The maximum Gasteiger partial charge on any atom is 0.273 e. The third-order valence-electron chi connectivity index (χ3n) is 3.31. The molecule has 2 N–H and O–H groups in total. The number of aromatic nitrogens is 4. The van der Waals surface area contributed by atoms with Crippen LogP contribution in [0.3, 0.4) is 0 Å². The Kier molecular flexibility index (Phi) is 4.16. The molecule has 1 aromatic carbocycles. The lowest BCUT2D eigenvalue weighted by Gasteiger charge is -2.11. The Labute approximate surface area is 135 Å². The number of rotatable bonds is 4. The summed E-state index contributed by atoms with van der Waals surface area (Å²) in [5, 5.41) is 13.4. The van der Waals surface area contributed by atoms with Gasteiger partial charge >= 0.3 is 0 Å². The second kappa shape index (κ2) is 6.25. The Morgan fingerprint density at radius 1 is 1.35 bits per heavy atom. The monoisotopic (exact) mass is 331 g/mol. The summed E-state index contributed by atoms with van der Waals surface area (Å²) in [5.74, 6) is -0.585. The fourth-order valence-corrected chi connectivity index (χ4v) is 3.25. The molecular weight excluding hydrogens is 317 g/mol. The van der Waals surface area contributed by atoms with Crippen LogP contribution in [-0.2, 0) is 0 Å². The van der Waals surface area contributed by atoms with Crippen LogP contribution in [0.1, 0.15) is 34.0 Å². The zero-order valence-corrected chi connectivity index (χ0v) is 13.3. The minimum atomic E-state index is -0.303. The van der Waals surface area contributed by atoms with Crippen molar-refractivity contribution in [3.8, 4) is 10.6 Å². The summed E-state index contributed by atoms with van der Waals surface area (Å²) in [6.45, 7) is 3.77. The van der Waals surface area contributed by atoms with Crippen molar-refractivity contribution in [2.45, 2.75) is 19.9 Å². The first-order chi connectivity index (χ1) is 11.0. The highest BCUT2D eigenvalue weighted by Gasteiger charge is 2.19. The molecule has 0 aliphatic rings. The summed E-state index contributed by atoms with van der Waals surface area (Å²) in [6.07, 6.45) is 1.37. The third kappa shape index (κ3) is 3.26. The van der Waals surface area contributed by atoms with Crippen LogP contribution in [0.15, 0.2) is 30.5 Å². The number of benzene rings is 1. The summed E-state index contributed by atoms with van der Waals surface area (Å²) in [7, 11) is 0. The van der Waals surface area contributed by atoms with E-state index in [2.05, 4.69) is 25.7 Å². The highest BCUT2D eigenvalue weighted by atomic mass is 32.1. The lowest BCUT2D eigenvalue weighted by atomic mass is 10.2. The average molecular weight is 331 g/mol. The van der Waals surface area contributed by atoms with E-state index >= 15 is 0 Å². The molecule has 0 saturated carbocycles. The molecule has 3 aromatic rings. The topological polar surface area (TPSA) is 83.6 Å². The Balaban J connectivity index is 1.80. The molecule has 2 aromatic heterocycles. The smallest absolute Gasteiger partial charge is 0.273 e. The molecule has 1 amide bonds. The van der Waals surface area contributed by atoms with Gasteiger partial charge in [0.1, 0.15) is 10.8 Å². The molecule has 118 valence electrons. The largest absolute Gasteiger partial charge is 0.343 e. The maximum absolute atomic E-state index is 13.0. The van der Waals surface area contributed by atoms with Crippen molar-refractivity contribution in [1.29, 1.82) is 0 Å². The fourth-order valence-electron chi connectivity index (χ4n) is 2.17. The Bertz CT molecular complexity index is 813. The molecule has 8 heteroatoms. The van der Waals surface area contributed by atoms with E-state index < -0.39 is 0 Å². The van der Waals surface area contributed by atoms with Crippen LogP contribution >= 0.6 is 11.3 Å². The summed E-state index contributed by atoms with van der Waals surface area (Å²) in [4.78, 5) is 17.5. The van der Waals surface area contributed by atoms with Crippen molar-refractivity contribution >= 4 is 17.2 Å². The standard InChI is InChI=1S/C15H14FN5OS/c1-8(18-14(22)12-7-17-21-20-12)13-9(2)19-15(23-13)10-3-5-11(16)6-4-10/h3-8H,1-2H3,(H,18,22)(H,17,20,21)/t8-/m0/s1. The number of amides is 1. The van der Waals surface area contributed by atoms with Crippen LogP contribution in [0.2, 0.25) is 0 Å². The number of hydrogen-bond acceptors (Lipinski definition) is 5. The molecule has 3 rings (SSSR count). The third-order valence-corrected chi connectivity index (χ3v) is 4.70. The van der Waals surface area contributed by atoms with Gasteiger partial charge in [-0.1, -0.05) is 0 Å². The van der Waals surface area contributed by atoms with Crippen LogP contribution in [0, 0.1) is 12.7 Å². The predicted octanol–water partition coefficient (Wildman–Crippen LogP) is 2.87. The second-order valence-corrected chi connectivity index (χ2v) is 6.06. The van der Waals surface area contributed by atoms with E-state index in [0.29, 0.717) is 0 Å². The van der Waals surface area contributed by atoms with E-state index in [1.54, 1.807) is 12.1 Å². The molecule has 0 saturated heterocycles. The van der Waals surface area contributed by atoms with Crippen molar-refractivity contribution in [3.05, 3.63) is 52.5 Å². The average Bonchev–Trinajstić information content (AvgIpc) is 3.17. The Morgan fingerprint density at radius 2 is 2.09 bits per heavy atom. The molecule has 2 heterocycles. The minimum Gasteiger partial charge on any atom is -0.343 e. The molecule has 0 unspecified atom stereocenters. The quantitative estimate of drug-likeness (QED) is 0.770. The molecule has 0 aliphatic heterocycles. The van der Waals surface area contributed by atoms with Crippen LogP contribution in [-0.4, -0.2) is 26.3 Å². The first-order valence-corrected chi connectivity index (χ1v) is 7.76. The molecule has 1 atom stereocenters. The van der Waals surface area contributed by atoms with E-state index in [1.165, 1.54) is 29.7 Å². The van der Waals surface area contributed by atoms with Crippen molar-refractivity contribution in [1.82, 2.24) is 25.7 Å². The Morgan fingerprint density at radius 3 is 2.74 bits per heavy atom. The van der Waals surface area contributed by atoms with Gasteiger partial charge in [-0.2, -0.15) is 15.4 Å². The molecule has 0 aliphatic carbocycles. The zero-order valence-electron chi connectivity index (χ0n) is 12.5. The van der Waals surface area contributed by atoms with Crippen LogP contribution < -0.4 is 5.32 Å². The van der Waals surface area contributed by atoms with Crippen LogP contribution in [0.4, 0.5) is 4.39 Å². The Hall–Kier alpha value is -2.61. The molecule has 0 spiro atoms. The number of nitrogens with zero attached hydrogens (tertiary/aromatic N) is 3. The zero-order chi connectivity index (χ0) is 16.4. The van der Waals surface area contributed by atoms with E-state index in [1.807, 2.05) is 13.8 Å². The maximum atomic E-state index is 13.0. The number of hydrogen-bond donors (Lipinski definition) is 2. The lowest BCUT2D eigenvalue weighted by molar-refractivity contribution is 0.0935. The van der Waals surface area contributed by atoms with Crippen LogP contribution in [0.25, 0.3) is 10.6 Å². The number of carbonyl (C=O) groups excluding carboxylic acids is 1. The van der Waals surface area contributed by atoms with Gasteiger partial charge in [-0.25, -0.2) is 9.37 Å². The van der Waals surface area contributed by atoms with E-state index in [9.17, 15) is 9.18 Å². The van der Waals surface area contributed by atoms with Gasteiger partial charge in [0.25, 0.3) is 5.91 Å². The number of nitrogens with one attached hydrogen (secondary N) is 2. The second-order valence-electron chi connectivity index (χ2n) is 5.03. The first-order valence-electron chi connectivity index (χ1n) is 6.94. The van der Waals surface area contributed by atoms with Gasteiger partial charge in [-0.05, 0) is 38.1 Å². The van der Waals surface area contributed by atoms with Gasteiger partial charge in [0.2, 0.25) is 0 Å². The summed E-state index contributed by atoms with van der Waals surface area (Å²) in [6, 6.07) is 5.97. The highest BCUT2D eigenvalue weighted by molar-refractivity contribution is 7.15. The summed E-state index contributed by atoms with van der Waals surface area (Å²) >= 11 is 1.47. The number of carbonyl (C=O) groups is 1. The van der Waals surface area contributed by atoms with Gasteiger partial charge in [0.05, 0.1) is 22.8 Å². The number of aryl methyl sites for hydroxylation is 1. The lowest BCUT2D eigenvalue weighted by Crippen LogP contribution is -2.26. The van der Waals surface area contributed by atoms with Crippen molar-refractivity contribution in [2.75, 3.05) is 0 Å². The van der Waals surface area contributed by atoms with Gasteiger partial charge in [0.15, 0.2) is 5.69 Å². The highest BCUT2D eigenvalue weighted by Crippen LogP contribution is 2.31. The summed E-state index contributed by atoms with van der Waals surface area (Å²) < 4.78 is 13.0. The van der Waals surface area contributed by atoms with Gasteiger partial charge < -0.3 is 5.32 Å². The molecule has 23 heavy (non-hydrogen) atoms. The van der Waals surface area contributed by atoms with Crippen molar-refractivity contribution in [3.63, 3.8) is 0 Å². The molecule has 0 fully saturated rings. The normalized spacial score (nSPS) is 12.1. The first kappa shape index (κ1) is 15.3. The van der Waals surface area contributed by atoms with Gasteiger partial charge in [-0.3, -0.25) is 4.79 Å². The molecule has 6 nitrogen and oxygen atoms in total. The van der Waals surface area contributed by atoms with E-state index in [4.69, 9.17) is 0 Å². The number of H-pyrrole nitrogens is 1. The summed E-state index contributed by atoms with van der Waals surface area (Å²) in [5.41, 5.74) is 1.92. The predicted molar refractivity (Wildman–Crippen MR) is 84.5 cm³/mol. The molecule has 0 radical (unpaired) electrons.